The van der Waals surface area contributed by atoms with Crippen molar-refractivity contribution in [3.8, 4) is 0 Å². The summed E-state index contributed by atoms with van der Waals surface area (Å²) in [7, 11) is -3.76. The van der Waals surface area contributed by atoms with Gasteiger partial charge >= 0.3 is 0 Å². The molecular weight excluding hydrogens is 376 g/mol. The first-order chi connectivity index (χ1) is 12.4. The van der Waals surface area contributed by atoms with Gasteiger partial charge in [-0.1, -0.05) is 0 Å². The second kappa shape index (κ2) is 5.62. The summed E-state index contributed by atoms with van der Waals surface area (Å²) in [4.78, 5) is 19.0. The zero-order chi connectivity index (χ0) is 18.1. The summed E-state index contributed by atoms with van der Waals surface area (Å²) in [5.74, 6) is 0.385. The lowest BCUT2D eigenvalue weighted by Crippen LogP contribution is -2.43. The molecule has 2 saturated carbocycles. The van der Waals surface area contributed by atoms with Crippen LogP contribution in [0.25, 0.3) is 0 Å². The molecule has 2 aliphatic carbocycles. The number of carbonyl (C=O) groups excluding carboxylic acids is 1. The molecule has 1 amide bonds. The lowest BCUT2D eigenvalue weighted by Gasteiger charge is -2.28. The molecule has 1 aliphatic heterocycles. The minimum Gasteiger partial charge on any atom is -0.391 e. The van der Waals surface area contributed by atoms with Crippen LogP contribution in [-0.4, -0.2) is 52.4 Å². The second-order valence-corrected chi connectivity index (χ2v) is 10.0. The molecule has 5 rings (SSSR count). The van der Waals surface area contributed by atoms with E-state index in [1.54, 1.807) is 11.6 Å². The smallest absolute Gasteiger partial charge is 0.273 e. The largest absolute Gasteiger partial charge is 0.391 e. The maximum atomic E-state index is 13.1. The van der Waals surface area contributed by atoms with Crippen LogP contribution in [0.3, 0.4) is 0 Å². The van der Waals surface area contributed by atoms with Gasteiger partial charge in [-0.25, -0.2) is 13.4 Å². The van der Waals surface area contributed by atoms with Gasteiger partial charge in [0.15, 0.2) is 5.13 Å². The summed E-state index contributed by atoms with van der Waals surface area (Å²) < 4.78 is 27.6. The fourth-order valence-electron chi connectivity index (χ4n) is 4.88. The zero-order valence-corrected chi connectivity index (χ0v) is 15.3. The number of carbonyl (C=O) groups is 1. The average Bonchev–Trinajstić information content (AvgIpc) is 3.36. The minimum absolute atomic E-state index is 0.0544. The lowest BCUT2D eigenvalue weighted by atomic mass is 9.88. The highest BCUT2D eigenvalue weighted by Crippen LogP contribution is 2.56. The second-order valence-electron chi connectivity index (χ2n) is 7.25. The molecule has 2 aromatic heterocycles. The summed E-state index contributed by atoms with van der Waals surface area (Å²) in [5, 5.41) is 15.2. The maximum absolute atomic E-state index is 13.1. The van der Waals surface area contributed by atoms with Gasteiger partial charge < -0.3 is 10.1 Å². The van der Waals surface area contributed by atoms with E-state index in [2.05, 4.69) is 15.3 Å². The summed E-state index contributed by atoms with van der Waals surface area (Å²) in [6, 6.07) is 1.02. The van der Waals surface area contributed by atoms with Crippen molar-refractivity contribution in [1.29, 1.82) is 0 Å². The molecular formula is C16H18N4O4S2. The van der Waals surface area contributed by atoms with Crippen molar-refractivity contribution in [2.45, 2.75) is 29.9 Å². The molecule has 10 heteroatoms. The Morgan fingerprint density at radius 2 is 2.23 bits per heavy atom. The SMILES string of the molecule is O=C(Nc1nccs1)c1cc(S(=O)(=O)N2C[C@@H]3C[C@H]4C[C@H]3[C@@H]2[C@H]4O)c[nH]1. The number of anilines is 1. The molecule has 3 fully saturated rings. The van der Waals surface area contributed by atoms with Gasteiger partial charge in [0.2, 0.25) is 10.0 Å². The van der Waals surface area contributed by atoms with E-state index in [1.165, 1.54) is 27.9 Å². The lowest BCUT2D eigenvalue weighted by molar-refractivity contribution is 0.0731. The number of amides is 1. The molecule has 1 saturated heterocycles. The topological polar surface area (TPSA) is 115 Å². The molecule has 8 nitrogen and oxygen atoms in total. The third kappa shape index (κ3) is 2.29. The van der Waals surface area contributed by atoms with Gasteiger partial charge in [0.25, 0.3) is 5.91 Å². The molecule has 3 N–H and O–H groups in total. The van der Waals surface area contributed by atoms with E-state index in [4.69, 9.17) is 0 Å². The number of nitrogens with one attached hydrogen (secondary N) is 2. The Hall–Kier alpha value is -1.75. The number of hydrogen-bond acceptors (Lipinski definition) is 6. The van der Waals surface area contributed by atoms with E-state index in [0.29, 0.717) is 17.6 Å². The van der Waals surface area contributed by atoms with Crippen molar-refractivity contribution in [1.82, 2.24) is 14.3 Å². The molecule has 26 heavy (non-hydrogen) atoms. The van der Waals surface area contributed by atoms with Crippen LogP contribution < -0.4 is 5.32 Å². The molecule has 5 atom stereocenters. The maximum Gasteiger partial charge on any atom is 0.273 e. The number of aliphatic hydroxyl groups is 1. The van der Waals surface area contributed by atoms with Crippen LogP contribution in [-0.2, 0) is 10.0 Å². The predicted molar refractivity (Wildman–Crippen MR) is 94.3 cm³/mol. The number of nitrogens with zero attached hydrogens (tertiary/aromatic N) is 2. The van der Waals surface area contributed by atoms with E-state index in [0.717, 1.165) is 12.8 Å². The first-order valence-corrected chi connectivity index (χ1v) is 10.9. The summed E-state index contributed by atoms with van der Waals surface area (Å²) in [6.45, 7) is 0.455. The fraction of sp³-hybridized carbons (Fsp3) is 0.500. The number of aliphatic hydroxyl groups excluding tert-OH is 1. The first kappa shape index (κ1) is 16.4. The highest BCUT2D eigenvalue weighted by atomic mass is 32.2. The van der Waals surface area contributed by atoms with Crippen LogP contribution in [0.5, 0.6) is 0 Å². The van der Waals surface area contributed by atoms with Crippen molar-refractivity contribution < 1.29 is 18.3 Å². The average molecular weight is 394 g/mol. The Kier molecular flexibility index (Phi) is 3.55. The number of fused-ring (bicyclic) bond motifs is 1. The van der Waals surface area contributed by atoms with Gasteiger partial charge in [0.05, 0.1) is 12.1 Å². The summed E-state index contributed by atoms with van der Waals surface area (Å²) in [5.41, 5.74) is 0.158. The highest BCUT2D eigenvalue weighted by Gasteiger charge is 2.61. The Labute approximate surface area is 154 Å². The van der Waals surface area contributed by atoms with Crippen molar-refractivity contribution in [2.75, 3.05) is 11.9 Å². The third-order valence-corrected chi connectivity index (χ3v) is 8.49. The standard InChI is InChI=1S/C16H18N4O4S2/c21-14-8-3-9-7-20(13(14)11(9)4-8)26(23,24)10-5-12(18-6-10)15(22)19-16-17-1-2-25-16/h1-2,5-6,8-9,11,13-14,18,21H,3-4,7H2,(H,17,19,22)/t8-,9-,11+,13+,14-/m0/s1. The Bertz CT molecular complexity index is 953. The van der Waals surface area contributed by atoms with E-state index < -0.39 is 22.0 Å². The molecule has 0 unspecified atom stereocenters. The van der Waals surface area contributed by atoms with Crippen LogP contribution in [0.15, 0.2) is 28.7 Å². The van der Waals surface area contributed by atoms with Gasteiger partial charge in [-0.05, 0) is 36.7 Å². The van der Waals surface area contributed by atoms with Crippen molar-refractivity contribution in [2.24, 2.45) is 17.8 Å². The summed E-state index contributed by atoms with van der Waals surface area (Å²) >= 11 is 1.28. The van der Waals surface area contributed by atoms with Crippen molar-refractivity contribution in [3.63, 3.8) is 0 Å². The number of rotatable bonds is 4. The molecule has 138 valence electrons. The van der Waals surface area contributed by atoms with Crippen LogP contribution >= 0.6 is 11.3 Å². The van der Waals surface area contributed by atoms with Crippen LogP contribution in [0.2, 0.25) is 0 Å². The summed E-state index contributed by atoms with van der Waals surface area (Å²) in [6.07, 6.45) is 4.15. The number of hydrogen-bond donors (Lipinski definition) is 3. The van der Waals surface area contributed by atoms with Crippen LogP contribution in [0.1, 0.15) is 23.3 Å². The van der Waals surface area contributed by atoms with Gasteiger partial charge in [0.1, 0.15) is 10.6 Å². The Morgan fingerprint density at radius 3 is 2.96 bits per heavy atom. The van der Waals surface area contributed by atoms with E-state index >= 15 is 0 Å². The predicted octanol–water partition coefficient (Wildman–Crippen LogP) is 1.11. The Balaban J connectivity index is 1.40. The van der Waals surface area contributed by atoms with Gasteiger partial charge in [0, 0.05) is 24.3 Å². The van der Waals surface area contributed by atoms with Gasteiger partial charge in [-0.3, -0.25) is 10.1 Å². The van der Waals surface area contributed by atoms with Crippen molar-refractivity contribution >= 4 is 32.4 Å². The van der Waals surface area contributed by atoms with Gasteiger partial charge in [-0.2, -0.15) is 4.31 Å². The third-order valence-electron chi connectivity index (χ3n) is 5.96. The molecule has 2 bridgehead atoms. The van der Waals surface area contributed by atoms with Gasteiger partial charge in [-0.15, -0.1) is 11.3 Å². The quantitative estimate of drug-likeness (QED) is 0.719. The normalized spacial score (nSPS) is 33.0. The monoisotopic (exact) mass is 394 g/mol. The number of aromatic nitrogens is 2. The first-order valence-electron chi connectivity index (χ1n) is 8.54. The van der Waals surface area contributed by atoms with Crippen molar-refractivity contribution in [3.05, 3.63) is 29.5 Å². The molecule has 0 radical (unpaired) electrons. The minimum atomic E-state index is -3.76. The molecule has 3 aliphatic rings. The molecule has 0 spiro atoms. The number of aromatic amines is 1. The fourth-order valence-corrected chi connectivity index (χ4v) is 7.13. The molecule has 2 aromatic rings. The van der Waals surface area contributed by atoms with Crippen LogP contribution in [0, 0.1) is 17.8 Å². The highest BCUT2D eigenvalue weighted by molar-refractivity contribution is 7.89. The zero-order valence-electron chi connectivity index (χ0n) is 13.7. The molecule has 3 heterocycles. The van der Waals surface area contributed by atoms with E-state index in [9.17, 15) is 18.3 Å². The molecule has 0 aromatic carbocycles. The van der Waals surface area contributed by atoms with Crippen LogP contribution in [0.4, 0.5) is 5.13 Å². The number of thiazole rings is 1. The number of H-pyrrole nitrogens is 1. The Morgan fingerprint density at radius 1 is 1.38 bits per heavy atom. The van der Waals surface area contributed by atoms with E-state index in [-0.39, 0.29) is 28.5 Å². The number of sulfonamides is 1. The van der Waals surface area contributed by atoms with E-state index in [1.807, 2.05) is 0 Å².